The fraction of sp³-hybridized carbons (Fsp3) is 0.200. The Labute approximate surface area is 105 Å². The van der Waals surface area contributed by atoms with Crippen molar-refractivity contribution in [2.75, 3.05) is 5.32 Å². The van der Waals surface area contributed by atoms with Crippen molar-refractivity contribution in [3.63, 3.8) is 0 Å². The third-order valence-corrected chi connectivity index (χ3v) is 2.83. The third kappa shape index (κ3) is 2.86. The molecule has 2 rings (SSSR count). The molecule has 1 N–H and O–H groups in total. The fourth-order valence-corrected chi connectivity index (χ4v) is 1.92. The van der Waals surface area contributed by atoms with Gasteiger partial charge in [-0.1, -0.05) is 18.2 Å². The molecule has 2 aromatic rings. The van der Waals surface area contributed by atoms with Gasteiger partial charge in [-0.2, -0.15) is 0 Å². The monoisotopic (exact) mass is 247 g/mol. The lowest BCUT2D eigenvalue weighted by Crippen LogP contribution is -2.08. The number of benzene rings is 2. The molecule has 1 unspecified atom stereocenters. The largest absolute Gasteiger partial charge is 0.378 e. The molecule has 0 saturated carbocycles. The maximum atomic E-state index is 13.6. The SMILES string of the molecule is Cc1cccc(NC(C)c2ccc(F)cc2F)c1. The fourth-order valence-electron chi connectivity index (χ4n) is 1.92. The predicted molar refractivity (Wildman–Crippen MR) is 69.6 cm³/mol. The summed E-state index contributed by atoms with van der Waals surface area (Å²) < 4.78 is 26.4. The Bertz CT molecular complexity index is 552. The second-order valence-corrected chi connectivity index (χ2v) is 4.40. The first-order valence-electron chi connectivity index (χ1n) is 5.84. The van der Waals surface area contributed by atoms with E-state index in [2.05, 4.69) is 5.32 Å². The van der Waals surface area contributed by atoms with Crippen LogP contribution in [0, 0.1) is 18.6 Å². The van der Waals surface area contributed by atoms with E-state index in [9.17, 15) is 8.78 Å². The molecule has 0 aliphatic heterocycles. The molecule has 0 aliphatic rings. The number of rotatable bonds is 3. The van der Waals surface area contributed by atoms with Gasteiger partial charge in [-0.25, -0.2) is 8.78 Å². The number of anilines is 1. The van der Waals surface area contributed by atoms with Gasteiger partial charge in [0.25, 0.3) is 0 Å². The molecule has 0 heterocycles. The highest BCUT2D eigenvalue weighted by Crippen LogP contribution is 2.22. The van der Waals surface area contributed by atoms with Gasteiger partial charge in [0.15, 0.2) is 0 Å². The molecule has 0 spiro atoms. The molecule has 0 saturated heterocycles. The van der Waals surface area contributed by atoms with Gasteiger partial charge in [0, 0.05) is 17.3 Å². The smallest absolute Gasteiger partial charge is 0.131 e. The van der Waals surface area contributed by atoms with Crippen molar-refractivity contribution in [3.8, 4) is 0 Å². The molecular formula is C15H15F2N. The average molecular weight is 247 g/mol. The second-order valence-electron chi connectivity index (χ2n) is 4.40. The predicted octanol–water partition coefficient (Wildman–Crippen LogP) is 4.45. The Morgan fingerprint density at radius 1 is 1.06 bits per heavy atom. The van der Waals surface area contributed by atoms with Crippen LogP contribution in [-0.2, 0) is 0 Å². The number of hydrogen-bond acceptors (Lipinski definition) is 1. The van der Waals surface area contributed by atoms with Gasteiger partial charge in [-0.05, 0) is 37.6 Å². The Hall–Kier alpha value is -1.90. The molecule has 1 nitrogen and oxygen atoms in total. The summed E-state index contributed by atoms with van der Waals surface area (Å²) in [5.41, 5.74) is 2.51. The van der Waals surface area contributed by atoms with Gasteiger partial charge in [-0.3, -0.25) is 0 Å². The zero-order chi connectivity index (χ0) is 13.1. The van der Waals surface area contributed by atoms with Crippen LogP contribution in [0.4, 0.5) is 14.5 Å². The van der Waals surface area contributed by atoms with Gasteiger partial charge in [0.05, 0.1) is 6.04 Å². The molecule has 0 radical (unpaired) electrons. The quantitative estimate of drug-likeness (QED) is 0.845. The number of halogens is 2. The standard InChI is InChI=1S/C15H15F2N/c1-10-4-3-5-13(8-10)18-11(2)14-7-6-12(16)9-15(14)17/h3-9,11,18H,1-2H3. The highest BCUT2D eigenvalue weighted by atomic mass is 19.1. The summed E-state index contributed by atoms with van der Waals surface area (Å²) >= 11 is 0. The first-order chi connectivity index (χ1) is 8.56. The third-order valence-electron chi connectivity index (χ3n) is 2.83. The van der Waals surface area contributed by atoms with Crippen LogP contribution in [0.1, 0.15) is 24.1 Å². The van der Waals surface area contributed by atoms with Gasteiger partial charge in [0.2, 0.25) is 0 Å². The van der Waals surface area contributed by atoms with Crippen molar-refractivity contribution in [2.45, 2.75) is 19.9 Å². The van der Waals surface area contributed by atoms with Crippen LogP contribution in [0.15, 0.2) is 42.5 Å². The zero-order valence-electron chi connectivity index (χ0n) is 10.4. The molecule has 94 valence electrons. The Balaban J connectivity index is 2.19. The van der Waals surface area contributed by atoms with Gasteiger partial charge >= 0.3 is 0 Å². The Morgan fingerprint density at radius 3 is 2.50 bits per heavy atom. The van der Waals surface area contributed by atoms with E-state index in [1.54, 1.807) is 0 Å². The Morgan fingerprint density at radius 2 is 1.83 bits per heavy atom. The topological polar surface area (TPSA) is 12.0 Å². The lowest BCUT2D eigenvalue weighted by molar-refractivity contribution is 0.566. The lowest BCUT2D eigenvalue weighted by Gasteiger charge is -2.16. The minimum atomic E-state index is -0.556. The number of hydrogen-bond donors (Lipinski definition) is 1. The van der Waals surface area contributed by atoms with E-state index in [-0.39, 0.29) is 6.04 Å². The van der Waals surface area contributed by atoms with Gasteiger partial charge in [-0.15, -0.1) is 0 Å². The molecule has 2 aromatic carbocycles. The van der Waals surface area contributed by atoms with Crippen LogP contribution >= 0.6 is 0 Å². The van der Waals surface area contributed by atoms with E-state index in [4.69, 9.17) is 0 Å². The van der Waals surface area contributed by atoms with Crippen LogP contribution in [0.3, 0.4) is 0 Å². The highest BCUT2D eigenvalue weighted by Gasteiger charge is 2.11. The number of nitrogens with one attached hydrogen (secondary N) is 1. The second kappa shape index (κ2) is 5.17. The van der Waals surface area contributed by atoms with Crippen LogP contribution in [-0.4, -0.2) is 0 Å². The van der Waals surface area contributed by atoms with Gasteiger partial charge in [0.1, 0.15) is 11.6 Å². The minimum Gasteiger partial charge on any atom is -0.378 e. The molecule has 3 heteroatoms. The summed E-state index contributed by atoms with van der Waals surface area (Å²) in [6.07, 6.45) is 0. The van der Waals surface area contributed by atoms with E-state index in [0.717, 1.165) is 17.3 Å². The zero-order valence-corrected chi connectivity index (χ0v) is 10.4. The van der Waals surface area contributed by atoms with Crippen molar-refractivity contribution in [1.82, 2.24) is 0 Å². The summed E-state index contributed by atoms with van der Waals surface area (Å²) in [6, 6.07) is 11.3. The molecular weight excluding hydrogens is 232 g/mol. The van der Waals surface area contributed by atoms with Crippen molar-refractivity contribution >= 4 is 5.69 Å². The molecule has 0 aliphatic carbocycles. The van der Waals surface area contributed by atoms with E-state index in [1.807, 2.05) is 38.1 Å². The van der Waals surface area contributed by atoms with Crippen molar-refractivity contribution in [1.29, 1.82) is 0 Å². The molecule has 18 heavy (non-hydrogen) atoms. The van der Waals surface area contributed by atoms with Crippen LogP contribution in [0.5, 0.6) is 0 Å². The first kappa shape index (κ1) is 12.6. The number of aryl methyl sites for hydroxylation is 1. The minimum absolute atomic E-state index is 0.215. The Kier molecular flexibility index (Phi) is 3.60. The highest BCUT2D eigenvalue weighted by molar-refractivity contribution is 5.47. The maximum Gasteiger partial charge on any atom is 0.131 e. The van der Waals surface area contributed by atoms with E-state index < -0.39 is 11.6 Å². The normalized spacial score (nSPS) is 12.2. The lowest BCUT2D eigenvalue weighted by atomic mass is 10.1. The van der Waals surface area contributed by atoms with Crippen molar-refractivity contribution in [2.24, 2.45) is 0 Å². The van der Waals surface area contributed by atoms with E-state index in [1.165, 1.54) is 12.1 Å². The maximum absolute atomic E-state index is 13.6. The van der Waals surface area contributed by atoms with Crippen molar-refractivity contribution in [3.05, 3.63) is 65.2 Å². The van der Waals surface area contributed by atoms with Crippen LogP contribution in [0.2, 0.25) is 0 Å². The van der Waals surface area contributed by atoms with Gasteiger partial charge < -0.3 is 5.32 Å². The summed E-state index contributed by atoms with van der Waals surface area (Å²) in [4.78, 5) is 0. The molecule has 0 aromatic heterocycles. The molecule has 1 atom stereocenters. The summed E-state index contributed by atoms with van der Waals surface area (Å²) in [7, 11) is 0. The van der Waals surface area contributed by atoms with Crippen LogP contribution in [0.25, 0.3) is 0 Å². The van der Waals surface area contributed by atoms with Crippen LogP contribution < -0.4 is 5.32 Å². The van der Waals surface area contributed by atoms with E-state index >= 15 is 0 Å². The summed E-state index contributed by atoms with van der Waals surface area (Å²) in [6.45, 7) is 3.84. The first-order valence-corrected chi connectivity index (χ1v) is 5.84. The summed E-state index contributed by atoms with van der Waals surface area (Å²) in [5.74, 6) is -1.08. The summed E-state index contributed by atoms with van der Waals surface area (Å²) in [5, 5.41) is 3.20. The van der Waals surface area contributed by atoms with Crippen molar-refractivity contribution < 1.29 is 8.78 Å². The molecule has 0 fully saturated rings. The average Bonchev–Trinajstić information content (AvgIpc) is 2.28. The molecule has 0 bridgehead atoms. The van der Waals surface area contributed by atoms with E-state index in [0.29, 0.717) is 5.56 Å². The molecule has 0 amide bonds.